The Morgan fingerprint density at radius 2 is 1.83 bits per heavy atom. The van der Waals surface area contributed by atoms with E-state index in [1.807, 2.05) is 19.9 Å². The van der Waals surface area contributed by atoms with Crippen molar-refractivity contribution in [2.24, 2.45) is 13.0 Å². The van der Waals surface area contributed by atoms with E-state index in [0.29, 0.717) is 28.7 Å². The maximum absolute atomic E-state index is 12.9. The molecule has 30 heavy (non-hydrogen) atoms. The second kappa shape index (κ2) is 8.49. The van der Waals surface area contributed by atoms with Gasteiger partial charge in [-0.25, -0.2) is 13.4 Å². The minimum Gasteiger partial charge on any atom is -0.347 e. The minimum atomic E-state index is -3.66. The highest BCUT2D eigenvalue weighted by molar-refractivity contribution is 7.89. The Morgan fingerprint density at radius 1 is 1.20 bits per heavy atom. The molecule has 1 aliphatic heterocycles. The number of aromatic nitrogens is 2. The average Bonchev–Trinajstić information content (AvgIpc) is 3.03. The highest BCUT2D eigenvalue weighted by Crippen LogP contribution is 2.30. The van der Waals surface area contributed by atoms with Crippen molar-refractivity contribution < 1.29 is 13.2 Å². The number of nitrogens with one attached hydrogen (secondary N) is 1. The van der Waals surface area contributed by atoms with E-state index in [9.17, 15) is 13.2 Å². The van der Waals surface area contributed by atoms with Crippen molar-refractivity contribution >= 4 is 39.1 Å². The third kappa shape index (κ3) is 4.66. The fourth-order valence-corrected chi connectivity index (χ4v) is 5.30. The maximum Gasteiger partial charge on any atom is 0.262 e. The Bertz CT molecular complexity index is 1040. The summed E-state index contributed by atoms with van der Waals surface area (Å²) in [5.41, 5.74) is 0.204. The number of imidazole rings is 1. The molecule has 7 nitrogen and oxygen atoms in total. The summed E-state index contributed by atoms with van der Waals surface area (Å²) in [7, 11) is -1.90. The molecule has 1 aromatic carbocycles. The first kappa shape index (κ1) is 23.1. The lowest BCUT2D eigenvalue weighted by molar-refractivity contribution is -0.127. The van der Waals surface area contributed by atoms with Gasteiger partial charge in [0.15, 0.2) is 5.03 Å². The fraction of sp³-hybridized carbons (Fsp3) is 0.500. The highest BCUT2D eigenvalue weighted by Gasteiger charge is 2.35. The molecule has 164 valence electrons. The van der Waals surface area contributed by atoms with Crippen LogP contribution in [0.25, 0.3) is 0 Å². The number of hydrogen-bond acceptors (Lipinski definition) is 4. The van der Waals surface area contributed by atoms with Crippen LogP contribution in [0.4, 0.5) is 0 Å². The van der Waals surface area contributed by atoms with Gasteiger partial charge in [0.25, 0.3) is 10.0 Å². The largest absolute Gasteiger partial charge is 0.347 e. The molecule has 1 fully saturated rings. The molecule has 1 N–H and O–H groups in total. The monoisotopic (exact) mass is 472 g/mol. The molecule has 1 saturated heterocycles. The molecule has 0 aliphatic carbocycles. The van der Waals surface area contributed by atoms with Gasteiger partial charge in [0.2, 0.25) is 5.91 Å². The molecular formula is C20H26Cl2N4O3S. The molecular weight excluding hydrogens is 447 g/mol. The van der Waals surface area contributed by atoms with Crippen molar-refractivity contribution in [3.05, 3.63) is 45.8 Å². The summed E-state index contributed by atoms with van der Waals surface area (Å²) in [6.45, 7) is 6.11. The van der Waals surface area contributed by atoms with E-state index in [-0.39, 0.29) is 29.9 Å². The number of benzene rings is 1. The van der Waals surface area contributed by atoms with Gasteiger partial charge < -0.3 is 9.88 Å². The number of aryl methyl sites for hydroxylation is 2. The Kier molecular flexibility index (Phi) is 6.53. The molecule has 10 heteroatoms. The Morgan fingerprint density at radius 3 is 2.37 bits per heavy atom. The van der Waals surface area contributed by atoms with Gasteiger partial charge in [0, 0.05) is 32.3 Å². The van der Waals surface area contributed by atoms with E-state index < -0.39 is 15.6 Å². The Labute approximate surface area is 187 Å². The molecule has 0 bridgehead atoms. The molecule has 1 aliphatic rings. The predicted molar refractivity (Wildman–Crippen MR) is 117 cm³/mol. The van der Waals surface area contributed by atoms with Crippen molar-refractivity contribution in [2.75, 3.05) is 13.1 Å². The topological polar surface area (TPSA) is 84.3 Å². The summed E-state index contributed by atoms with van der Waals surface area (Å²) in [4.78, 5) is 17.0. The fourth-order valence-electron chi connectivity index (χ4n) is 3.51. The van der Waals surface area contributed by atoms with Crippen molar-refractivity contribution in [1.29, 1.82) is 0 Å². The lowest BCUT2D eigenvalue weighted by atomic mass is 9.91. The maximum atomic E-state index is 12.9. The number of nitrogens with zero attached hydrogens (tertiary/aromatic N) is 3. The van der Waals surface area contributed by atoms with E-state index in [1.54, 1.807) is 30.7 Å². The van der Waals surface area contributed by atoms with Gasteiger partial charge in [0.1, 0.15) is 5.82 Å². The number of carbonyl (C=O) groups is 1. The summed E-state index contributed by atoms with van der Waals surface area (Å²) in [5.74, 6) is 0.271. The van der Waals surface area contributed by atoms with E-state index in [1.165, 1.54) is 10.5 Å². The highest BCUT2D eigenvalue weighted by atomic mass is 35.5. The van der Waals surface area contributed by atoms with Gasteiger partial charge in [0.05, 0.1) is 15.6 Å². The summed E-state index contributed by atoms with van der Waals surface area (Å²) < 4.78 is 28.7. The second-order valence-corrected chi connectivity index (χ2v) is 10.9. The number of hydrogen-bond donors (Lipinski definition) is 1. The van der Waals surface area contributed by atoms with Gasteiger partial charge >= 0.3 is 0 Å². The van der Waals surface area contributed by atoms with Crippen LogP contribution in [-0.2, 0) is 27.4 Å². The number of carbonyl (C=O) groups excluding carboxylic acids is 1. The van der Waals surface area contributed by atoms with Crippen molar-refractivity contribution in [3.63, 3.8) is 0 Å². The minimum absolute atomic E-state index is 0.0474. The first-order valence-corrected chi connectivity index (χ1v) is 11.9. The van der Waals surface area contributed by atoms with Crippen molar-refractivity contribution in [1.82, 2.24) is 19.2 Å². The molecule has 2 heterocycles. The van der Waals surface area contributed by atoms with E-state index >= 15 is 0 Å². The first-order chi connectivity index (χ1) is 13.9. The van der Waals surface area contributed by atoms with E-state index in [0.717, 1.165) is 5.56 Å². The van der Waals surface area contributed by atoms with Crippen LogP contribution in [-0.4, -0.2) is 41.3 Å². The van der Waals surface area contributed by atoms with Gasteiger partial charge in [-0.05, 0) is 51.3 Å². The van der Waals surface area contributed by atoms with Gasteiger partial charge in [-0.2, -0.15) is 4.31 Å². The number of amides is 1. The van der Waals surface area contributed by atoms with Crippen LogP contribution in [0.1, 0.15) is 38.1 Å². The van der Waals surface area contributed by atoms with Gasteiger partial charge in [-0.3, -0.25) is 4.79 Å². The summed E-state index contributed by atoms with van der Waals surface area (Å²) in [5, 5.41) is 4.00. The molecule has 0 saturated carbocycles. The molecule has 0 unspecified atom stereocenters. The standard InChI is InChI=1S/C20H26Cl2N4O3S/c1-13-23-18(12-25(13)4)30(28,29)26-9-7-14(8-10-26)19(27)24-20(2,3)15-5-6-16(21)17(22)11-15/h5-6,11-12,14H,7-10H2,1-4H3,(H,24,27). The third-order valence-electron chi connectivity index (χ3n) is 5.59. The number of piperidine rings is 1. The summed E-state index contributed by atoms with van der Waals surface area (Å²) >= 11 is 12.1. The average molecular weight is 473 g/mol. The van der Waals surface area contributed by atoms with Crippen LogP contribution in [0, 0.1) is 12.8 Å². The van der Waals surface area contributed by atoms with Crippen LogP contribution in [0.5, 0.6) is 0 Å². The quantitative estimate of drug-likeness (QED) is 0.721. The van der Waals surface area contributed by atoms with Crippen LogP contribution in [0.3, 0.4) is 0 Å². The van der Waals surface area contributed by atoms with Crippen LogP contribution in [0.15, 0.2) is 29.4 Å². The lowest BCUT2D eigenvalue weighted by Gasteiger charge is -2.33. The normalized spacial score (nSPS) is 16.6. The molecule has 0 atom stereocenters. The first-order valence-electron chi connectivity index (χ1n) is 9.69. The Balaban J connectivity index is 1.64. The zero-order chi connectivity index (χ0) is 22.3. The SMILES string of the molecule is Cc1nc(S(=O)(=O)N2CCC(C(=O)NC(C)(C)c3ccc(Cl)c(Cl)c3)CC2)cn1C. The number of rotatable bonds is 5. The Hall–Kier alpha value is -1.61. The second-order valence-electron chi connectivity index (χ2n) is 8.16. The number of sulfonamides is 1. The molecule has 0 radical (unpaired) electrons. The predicted octanol–water partition coefficient (Wildman–Crippen LogP) is 3.49. The van der Waals surface area contributed by atoms with Crippen LogP contribution in [0.2, 0.25) is 10.0 Å². The van der Waals surface area contributed by atoms with Gasteiger partial charge in [-0.1, -0.05) is 29.3 Å². The molecule has 2 aromatic rings. The zero-order valence-electron chi connectivity index (χ0n) is 17.4. The molecule has 0 spiro atoms. The van der Waals surface area contributed by atoms with E-state index in [4.69, 9.17) is 23.2 Å². The molecule has 1 amide bonds. The zero-order valence-corrected chi connectivity index (χ0v) is 19.8. The summed E-state index contributed by atoms with van der Waals surface area (Å²) in [6.07, 6.45) is 2.42. The molecule has 3 rings (SSSR count). The number of halogens is 2. The van der Waals surface area contributed by atoms with E-state index in [2.05, 4.69) is 10.3 Å². The molecule has 1 aromatic heterocycles. The summed E-state index contributed by atoms with van der Waals surface area (Å²) in [6, 6.07) is 5.28. The smallest absolute Gasteiger partial charge is 0.262 e. The van der Waals surface area contributed by atoms with Crippen LogP contribution >= 0.6 is 23.2 Å². The third-order valence-corrected chi connectivity index (χ3v) is 8.10. The lowest BCUT2D eigenvalue weighted by Crippen LogP contribution is -2.47. The van der Waals surface area contributed by atoms with Gasteiger partial charge in [-0.15, -0.1) is 0 Å². The van der Waals surface area contributed by atoms with Crippen LogP contribution < -0.4 is 5.32 Å². The van der Waals surface area contributed by atoms with Crippen molar-refractivity contribution in [3.8, 4) is 0 Å². The van der Waals surface area contributed by atoms with Crippen molar-refractivity contribution in [2.45, 2.75) is 44.2 Å².